The van der Waals surface area contributed by atoms with Gasteiger partial charge in [0, 0.05) is 6.54 Å². The minimum Gasteiger partial charge on any atom is -0.302 e. The minimum absolute atomic E-state index is 0.515. The van der Waals surface area contributed by atoms with Gasteiger partial charge in [0.1, 0.15) is 5.82 Å². The van der Waals surface area contributed by atoms with E-state index in [1.165, 1.54) is 38.5 Å². The summed E-state index contributed by atoms with van der Waals surface area (Å²) in [5.74, 6) is 0.911. The lowest BCUT2D eigenvalue weighted by Gasteiger charge is -2.04. The van der Waals surface area contributed by atoms with E-state index in [1.807, 2.05) is 11.5 Å². The molecule has 0 amide bonds. The first kappa shape index (κ1) is 12.5. The molecule has 0 saturated heterocycles. The molecule has 1 aromatic heterocycles. The van der Waals surface area contributed by atoms with E-state index in [0.29, 0.717) is 5.28 Å². The van der Waals surface area contributed by atoms with Crippen molar-refractivity contribution >= 4 is 11.6 Å². The van der Waals surface area contributed by atoms with Gasteiger partial charge in [-0.15, -0.1) is 10.2 Å². The molecule has 0 aliphatic carbocycles. The number of unbranched alkanes of at least 4 members (excludes halogenated alkanes) is 5. The van der Waals surface area contributed by atoms with Crippen molar-refractivity contribution in [3.8, 4) is 0 Å². The number of hydrogen-bond donors (Lipinski definition) is 0. The van der Waals surface area contributed by atoms with E-state index in [1.54, 1.807) is 0 Å². The number of aromatic nitrogens is 3. The molecule has 0 aliphatic heterocycles. The fraction of sp³-hybridized carbons (Fsp3) is 0.818. The summed E-state index contributed by atoms with van der Waals surface area (Å²) in [6.45, 7) is 5.13. The van der Waals surface area contributed by atoms with Crippen LogP contribution in [-0.2, 0) is 6.54 Å². The Morgan fingerprint density at radius 1 is 1.07 bits per heavy atom. The zero-order valence-electron chi connectivity index (χ0n) is 9.67. The van der Waals surface area contributed by atoms with Gasteiger partial charge in [-0.3, -0.25) is 0 Å². The summed E-state index contributed by atoms with van der Waals surface area (Å²) in [6.07, 6.45) is 7.77. The molecular formula is C11H20ClN3. The van der Waals surface area contributed by atoms with Gasteiger partial charge >= 0.3 is 0 Å². The van der Waals surface area contributed by atoms with Gasteiger partial charge in [0.2, 0.25) is 5.28 Å². The van der Waals surface area contributed by atoms with E-state index >= 15 is 0 Å². The molecule has 0 saturated carbocycles. The molecule has 3 nitrogen and oxygen atoms in total. The molecule has 0 fully saturated rings. The Labute approximate surface area is 96.8 Å². The SMILES string of the molecule is CCCCCCCCn1c(C)nnc1Cl. The van der Waals surface area contributed by atoms with Crippen molar-refractivity contribution in [2.24, 2.45) is 0 Å². The van der Waals surface area contributed by atoms with E-state index in [9.17, 15) is 0 Å². The molecule has 0 aliphatic rings. The van der Waals surface area contributed by atoms with Crippen molar-refractivity contribution in [3.63, 3.8) is 0 Å². The Balaban J connectivity index is 2.15. The van der Waals surface area contributed by atoms with E-state index < -0.39 is 0 Å². The molecule has 1 heterocycles. The summed E-state index contributed by atoms with van der Waals surface area (Å²) in [7, 11) is 0. The van der Waals surface area contributed by atoms with Crippen LogP contribution in [0.4, 0.5) is 0 Å². The van der Waals surface area contributed by atoms with Gasteiger partial charge in [-0.05, 0) is 24.9 Å². The van der Waals surface area contributed by atoms with Crippen LogP contribution in [0, 0.1) is 6.92 Å². The molecule has 4 heteroatoms. The second-order valence-corrected chi connectivity index (χ2v) is 4.27. The Morgan fingerprint density at radius 2 is 1.73 bits per heavy atom. The zero-order valence-corrected chi connectivity index (χ0v) is 10.4. The third-order valence-corrected chi connectivity index (χ3v) is 2.91. The molecule has 0 atom stereocenters. The van der Waals surface area contributed by atoms with Gasteiger partial charge in [0.25, 0.3) is 0 Å². The third-order valence-electron chi connectivity index (χ3n) is 2.63. The first-order chi connectivity index (χ1) is 7.25. The number of nitrogens with zero attached hydrogens (tertiary/aromatic N) is 3. The van der Waals surface area contributed by atoms with Crippen molar-refractivity contribution in [1.82, 2.24) is 14.8 Å². The van der Waals surface area contributed by atoms with Crippen LogP contribution in [0.15, 0.2) is 0 Å². The normalized spacial score (nSPS) is 10.9. The van der Waals surface area contributed by atoms with Gasteiger partial charge < -0.3 is 4.57 Å². The Bertz CT molecular complexity index is 264. The molecule has 0 bridgehead atoms. The molecule has 15 heavy (non-hydrogen) atoms. The molecule has 86 valence electrons. The maximum absolute atomic E-state index is 5.90. The molecule has 1 rings (SSSR count). The van der Waals surface area contributed by atoms with Crippen LogP contribution in [0.5, 0.6) is 0 Å². The van der Waals surface area contributed by atoms with E-state index in [2.05, 4.69) is 17.1 Å². The second-order valence-electron chi connectivity index (χ2n) is 3.94. The van der Waals surface area contributed by atoms with Crippen molar-refractivity contribution in [3.05, 3.63) is 11.1 Å². The highest BCUT2D eigenvalue weighted by molar-refractivity contribution is 6.28. The summed E-state index contributed by atoms with van der Waals surface area (Å²) in [4.78, 5) is 0. The highest BCUT2D eigenvalue weighted by atomic mass is 35.5. The maximum atomic E-state index is 5.90. The molecule has 0 N–H and O–H groups in total. The van der Waals surface area contributed by atoms with Gasteiger partial charge in [-0.1, -0.05) is 39.0 Å². The van der Waals surface area contributed by atoms with Crippen LogP contribution < -0.4 is 0 Å². The van der Waals surface area contributed by atoms with Crippen LogP contribution in [-0.4, -0.2) is 14.8 Å². The van der Waals surface area contributed by atoms with Crippen molar-refractivity contribution < 1.29 is 0 Å². The summed E-state index contributed by atoms with van der Waals surface area (Å²) < 4.78 is 1.97. The molecule has 0 spiro atoms. The van der Waals surface area contributed by atoms with Crippen LogP contribution in [0.1, 0.15) is 51.3 Å². The van der Waals surface area contributed by atoms with E-state index in [4.69, 9.17) is 11.6 Å². The number of aryl methyl sites for hydroxylation is 1. The van der Waals surface area contributed by atoms with Gasteiger partial charge in [0.15, 0.2) is 0 Å². The van der Waals surface area contributed by atoms with Gasteiger partial charge in [-0.25, -0.2) is 0 Å². The van der Waals surface area contributed by atoms with Crippen LogP contribution in [0.25, 0.3) is 0 Å². The quantitative estimate of drug-likeness (QED) is 0.669. The molecule has 0 aromatic carbocycles. The average Bonchev–Trinajstić information content (AvgIpc) is 2.54. The van der Waals surface area contributed by atoms with E-state index in [-0.39, 0.29) is 0 Å². The molecular weight excluding hydrogens is 210 g/mol. The largest absolute Gasteiger partial charge is 0.302 e. The number of halogens is 1. The summed E-state index contributed by atoms with van der Waals surface area (Å²) >= 11 is 5.90. The summed E-state index contributed by atoms with van der Waals surface area (Å²) in [5.41, 5.74) is 0. The molecule has 1 aromatic rings. The molecule has 0 unspecified atom stereocenters. The molecule has 0 radical (unpaired) electrons. The van der Waals surface area contributed by atoms with Crippen molar-refractivity contribution in [2.45, 2.75) is 58.9 Å². The van der Waals surface area contributed by atoms with Crippen molar-refractivity contribution in [1.29, 1.82) is 0 Å². The maximum Gasteiger partial charge on any atom is 0.225 e. The third kappa shape index (κ3) is 4.20. The van der Waals surface area contributed by atoms with Crippen molar-refractivity contribution in [2.75, 3.05) is 0 Å². The average molecular weight is 230 g/mol. The standard InChI is InChI=1S/C11H20ClN3/c1-3-4-5-6-7-8-9-15-10(2)13-14-11(15)12/h3-9H2,1-2H3. The zero-order chi connectivity index (χ0) is 11.1. The first-order valence-electron chi connectivity index (χ1n) is 5.81. The lowest BCUT2D eigenvalue weighted by atomic mass is 10.1. The predicted molar refractivity (Wildman–Crippen MR) is 63.1 cm³/mol. The fourth-order valence-electron chi connectivity index (χ4n) is 1.66. The number of rotatable bonds is 7. The monoisotopic (exact) mass is 229 g/mol. The highest BCUT2D eigenvalue weighted by Crippen LogP contribution is 2.11. The Morgan fingerprint density at radius 3 is 2.33 bits per heavy atom. The second kappa shape index (κ2) is 6.83. The summed E-state index contributed by atoms with van der Waals surface area (Å²) in [5, 5.41) is 8.26. The number of hydrogen-bond acceptors (Lipinski definition) is 2. The van der Waals surface area contributed by atoms with Crippen LogP contribution >= 0.6 is 11.6 Å². The minimum atomic E-state index is 0.515. The van der Waals surface area contributed by atoms with Gasteiger partial charge in [0.05, 0.1) is 0 Å². The highest BCUT2D eigenvalue weighted by Gasteiger charge is 2.04. The smallest absolute Gasteiger partial charge is 0.225 e. The fourth-order valence-corrected chi connectivity index (χ4v) is 1.90. The Kier molecular flexibility index (Phi) is 5.69. The predicted octanol–water partition coefficient (Wildman–Crippen LogP) is 3.60. The van der Waals surface area contributed by atoms with Crippen LogP contribution in [0.3, 0.4) is 0 Å². The van der Waals surface area contributed by atoms with Crippen LogP contribution in [0.2, 0.25) is 5.28 Å². The Hall–Kier alpha value is -0.570. The first-order valence-corrected chi connectivity index (χ1v) is 6.18. The topological polar surface area (TPSA) is 30.7 Å². The summed E-state index contributed by atoms with van der Waals surface area (Å²) in [6, 6.07) is 0. The van der Waals surface area contributed by atoms with Gasteiger partial charge in [-0.2, -0.15) is 0 Å². The van der Waals surface area contributed by atoms with E-state index in [0.717, 1.165) is 12.4 Å². The lowest BCUT2D eigenvalue weighted by molar-refractivity contribution is 0.551. The lowest BCUT2D eigenvalue weighted by Crippen LogP contribution is -2.00.